The van der Waals surface area contributed by atoms with Gasteiger partial charge in [0, 0.05) is 24.7 Å². The Morgan fingerprint density at radius 1 is 1.23 bits per heavy atom. The molecule has 0 unspecified atom stereocenters. The fourth-order valence-electron chi connectivity index (χ4n) is 3.45. The second-order valence-corrected chi connectivity index (χ2v) is 8.18. The lowest BCUT2D eigenvalue weighted by molar-refractivity contribution is -0.119. The van der Waals surface area contributed by atoms with Crippen LogP contribution in [-0.2, 0) is 17.8 Å². The number of ether oxygens (including phenoxy) is 2. The van der Waals surface area contributed by atoms with Gasteiger partial charge in [0.25, 0.3) is 0 Å². The Balaban J connectivity index is 1.71. The van der Waals surface area contributed by atoms with Crippen LogP contribution in [-0.4, -0.2) is 48.6 Å². The second kappa shape index (κ2) is 9.80. The average molecular weight is 433 g/mol. The quantitative estimate of drug-likeness (QED) is 0.700. The number of carbonyl (C=O) groups is 2. The number of fused-ring (bicyclic) bond motifs is 1. The average Bonchev–Trinajstić information content (AvgIpc) is 3.28. The number of nitrogens with one attached hydrogen (secondary N) is 2. The standard InChI is InChI=1S/C21H28N4O4S/c1-5-13(2)18(19(26)24-20-22-7-9-30-20)23-21(27)25-8-6-14-10-16(28-3)17(29-4)11-15(14)12-25/h7,9-11,13,18H,5-6,8,12H2,1-4H3,(H,23,27)(H,22,24,26)/t13-,18-/m0/s1. The third kappa shape index (κ3) is 4.84. The van der Waals surface area contributed by atoms with E-state index in [4.69, 9.17) is 9.47 Å². The summed E-state index contributed by atoms with van der Waals surface area (Å²) < 4.78 is 10.8. The number of amides is 3. The van der Waals surface area contributed by atoms with Crippen molar-refractivity contribution in [3.8, 4) is 11.5 Å². The minimum absolute atomic E-state index is 0.0182. The third-order valence-electron chi connectivity index (χ3n) is 5.44. The van der Waals surface area contributed by atoms with Crippen molar-refractivity contribution in [2.45, 2.75) is 39.3 Å². The van der Waals surface area contributed by atoms with Crippen LogP contribution in [0.25, 0.3) is 0 Å². The number of urea groups is 1. The molecule has 9 heteroatoms. The Kier molecular flexibility index (Phi) is 7.15. The van der Waals surface area contributed by atoms with E-state index >= 15 is 0 Å². The van der Waals surface area contributed by atoms with Crippen LogP contribution in [0.4, 0.5) is 9.93 Å². The summed E-state index contributed by atoms with van der Waals surface area (Å²) in [5.74, 6) is 1.05. The molecule has 1 aliphatic heterocycles. The minimum Gasteiger partial charge on any atom is -0.493 e. The minimum atomic E-state index is -0.641. The Hall–Kier alpha value is -2.81. The third-order valence-corrected chi connectivity index (χ3v) is 6.13. The van der Waals surface area contributed by atoms with Gasteiger partial charge in [0.1, 0.15) is 6.04 Å². The van der Waals surface area contributed by atoms with E-state index in [1.54, 1.807) is 30.7 Å². The number of hydrogen-bond donors (Lipinski definition) is 2. The Labute approximate surface area is 180 Å². The molecule has 0 saturated heterocycles. The van der Waals surface area contributed by atoms with Crippen LogP contribution in [0, 0.1) is 5.92 Å². The molecule has 3 rings (SSSR count). The molecule has 0 radical (unpaired) electrons. The number of benzene rings is 1. The zero-order chi connectivity index (χ0) is 21.7. The van der Waals surface area contributed by atoms with Crippen molar-refractivity contribution in [2.75, 3.05) is 26.1 Å². The number of hydrogen-bond acceptors (Lipinski definition) is 6. The van der Waals surface area contributed by atoms with E-state index in [9.17, 15) is 9.59 Å². The first-order valence-electron chi connectivity index (χ1n) is 9.96. The predicted octanol–water partition coefficient (Wildman–Crippen LogP) is 3.28. The van der Waals surface area contributed by atoms with Gasteiger partial charge in [-0.1, -0.05) is 20.3 Å². The largest absolute Gasteiger partial charge is 0.493 e. The number of thiazole rings is 1. The van der Waals surface area contributed by atoms with Gasteiger partial charge in [-0.3, -0.25) is 4.79 Å². The van der Waals surface area contributed by atoms with Gasteiger partial charge in [-0.05, 0) is 35.6 Å². The van der Waals surface area contributed by atoms with E-state index in [0.29, 0.717) is 36.1 Å². The number of nitrogens with zero attached hydrogens (tertiary/aromatic N) is 2. The van der Waals surface area contributed by atoms with Crippen molar-refractivity contribution in [3.63, 3.8) is 0 Å². The van der Waals surface area contributed by atoms with Gasteiger partial charge in [-0.2, -0.15) is 0 Å². The van der Waals surface area contributed by atoms with Crippen LogP contribution >= 0.6 is 11.3 Å². The first-order chi connectivity index (χ1) is 14.5. The lowest BCUT2D eigenvalue weighted by atomic mass is 9.97. The number of anilines is 1. The highest BCUT2D eigenvalue weighted by molar-refractivity contribution is 7.13. The number of rotatable bonds is 7. The van der Waals surface area contributed by atoms with Gasteiger partial charge in [-0.15, -0.1) is 11.3 Å². The summed E-state index contributed by atoms with van der Waals surface area (Å²) in [6.07, 6.45) is 3.10. The fraction of sp³-hybridized carbons (Fsp3) is 0.476. The van der Waals surface area contributed by atoms with Crippen molar-refractivity contribution in [3.05, 3.63) is 34.8 Å². The molecule has 1 aliphatic rings. The van der Waals surface area contributed by atoms with Crippen LogP contribution in [0.15, 0.2) is 23.7 Å². The highest BCUT2D eigenvalue weighted by Gasteiger charge is 2.30. The van der Waals surface area contributed by atoms with Gasteiger partial charge in [0.15, 0.2) is 16.6 Å². The Morgan fingerprint density at radius 3 is 2.53 bits per heavy atom. The lowest BCUT2D eigenvalue weighted by Gasteiger charge is -2.32. The van der Waals surface area contributed by atoms with E-state index in [1.165, 1.54) is 11.3 Å². The normalized spacial score (nSPS) is 15.0. The summed E-state index contributed by atoms with van der Waals surface area (Å²) in [7, 11) is 3.20. The zero-order valence-corrected chi connectivity index (χ0v) is 18.5. The zero-order valence-electron chi connectivity index (χ0n) is 17.7. The summed E-state index contributed by atoms with van der Waals surface area (Å²) in [4.78, 5) is 31.6. The van der Waals surface area contributed by atoms with Gasteiger partial charge in [0.05, 0.1) is 14.2 Å². The maximum Gasteiger partial charge on any atom is 0.318 e. The van der Waals surface area contributed by atoms with Gasteiger partial charge in [0.2, 0.25) is 5.91 Å². The molecule has 0 aliphatic carbocycles. The Bertz CT molecular complexity index is 887. The molecule has 162 valence electrons. The van der Waals surface area contributed by atoms with E-state index < -0.39 is 6.04 Å². The molecule has 0 fully saturated rings. The summed E-state index contributed by atoms with van der Waals surface area (Å²) in [5, 5.41) is 8.04. The molecule has 2 aromatic rings. The monoisotopic (exact) mass is 432 g/mol. The number of methoxy groups -OCH3 is 2. The summed E-state index contributed by atoms with van der Waals surface area (Å²) >= 11 is 1.35. The molecule has 1 aromatic carbocycles. The SMILES string of the molecule is CC[C@H](C)[C@H](NC(=O)N1CCc2cc(OC)c(OC)cc2C1)C(=O)Nc1nccs1. The smallest absolute Gasteiger partial charge is 0.318 e. The molecular weight excluding hydrogens is 404 g/mol. The maximum absolute atomic E-state index is 13.0. The van der Waals surface area contributed by atoms with Gasteiger partial charge in [-0.25, -0.2) is 9.78 Å². The van der Waals surface area contributed by atoms with E-state index in [2.05, 4.69) is 15.6 Å². The van der Waals surface area contributed by atoms with Gasteiger partial charge < -0.3 is 25.0 Å². The molecule has 0 saturated carbocycles. The number of carbonyl (C=O) groups excluding carboxylic acids is 2. The fourth-order valence-corrected chi connectivity index (χ4v) is 3.98. The van der Waals surface area contributed by atoms with Crippen molar-refractivity contribution in [2.24, 2.45) is 5.92 Å². The van der Waals surface area contributed by atoms with Crippen molar-refractivity contribution in [1.82, 2.24) is 15.2 Å². The summed E-state index contributed by atoms with van der Waals surface area (Å²) in [6, 6.07) is 2.98. The second-order valence-electron chi connectivity index (χ2n) is 7.29. The first kappa shape index (κ1) is 21.9. The van der Waals surface area contributed by atoms with Crippen molar-refractivity contribution < 1.29 is 19.1 Å². The van der Waals surface area contributed by atoms with Crippen LogP contribution in [0.2, 0.25) is 0 Å². The van der Waals surface area contributed by atoms with E-state index in [1.807, 2.05) is 26.0 Å². The van der Waals surface area contributed by atoms with Crippen LogP contribution < -0.4 is 20.1 Å². The van der Waals surface area contributed by atoms with Crippen LogP contribution in [0.3, 0.4) is 0 Å². The number of aromatic nitrogens is 1. The molecule has 3 amide bonds. The highest BCUT2D eigenvalue weighted by Crippen LogP contribution is 2.33. The van der Waals surface area contributed by atoms with Crippen LogP contribution in [0.5, 0.6) is 11.5 Å². The molecule has 0 spiro atoms. The van der Waals surface area contributed by atoms with Gasteiger partial charge >= 0.3 is 6.03 Å². The van der Waals surface area contributed by atoms with Crippen molar-refractivity contribution in [1.29, 1.82) is 0 Å². The predicted molar refractivity (Wildman–Crippen MR) is 116 cm³/mol. The van der Waals surface area contributed by atoms with E-state index in [0.717, 1.165) is 17.5 Å². The molecule has 2 heterocycles. The molecule has 30 heavy (non-hydrogen) atoms. The summed E-state index contributed by atoms with van der Waals surface area (Å²) in [6.45, 7) is 4.96. The Morgan fingerprint density at radius 2 is 1.93 bits per heavy atom. The lowest BCUT2D eigenvalue weighted by Crippen LogP contribution is -2.53. The van der Waals surface area contributed by atoms with Crippen molar-refractivity contribution >= 4 is 28.4 Å². The molecular formula is C21H28N4O4S. The molecule has 2 atom stereocenters. The van der Waals surface area contributed by atoms with E-state index in [-0.39, 0.29) is 17.9 Å². The molecule has 1 aromatic heterocycles. The molecule has 2 N–H and O–H groups in total. The maximum atomic E-state index is 13.0. The first-order valence-corrected chi connectivity index (χ1v) is 10.8. The molecule has 0 bridgehead atoms. The highest BCUT2D eigenvalue weighted by atomic mass is 32.1. The topological polar surface area (TPSA) is 92.8 Å². The van der Waals surface area contributed by atoms with Crippen LogP contribution in [0.1, 0.15) is 31.4 Å². The molecule has 8 nitrogen and oxygen atoms in total. The summed E-state index contributed by atoms with van der Waals surface area (Å²) in [5.41, 5.74) is 2.15.